The molecule has 92 valence electrons. The maximum absolute atomic E-state index is 11.9. The Morgan fingerprint density at radius 2 is 2.29 bits per heavy atom. The Labute approximate surface area is 101 Å². The molecular formula is C12H17N3O2. The van der Waals surface area contributed by atoms with Crippen molar-refractivity contribution in [3.05, 3.63) is 18.2 Å². The number of methoxy groups -OCH3 is 1. The van der Waals surface area contributed by atoms with Crippen LogP contribution in [0.25, 0.3) is 0 Å². The van der Waals surface area contributed by atoms with Crippen molar-refractivity contribution in [3.63, 3.8) is 0 Å². The Hall–Kier alpha value is -1.75. The highest BCUT2D eigenvalue weighted by molar-refractivity contribution is 6.03. The first-order chi connectivity index (χ1) is 8.17. The van der Waals surface area contributed by atoms with Gasteiger partial charge in [-0.25, -0.2) is 0 Å². The Morgan fingerprint density at radius 3 is 2.94 bits per heavy atom. The second-order valence-electron chi connectivity index (χ2n) is 4.08. The van der Waals surface area contributed by atoms with Crippen LogP contribution in [0.4, 0.5) is 11.4 Å². The number of ether oxygens (including phenoxy) is 1. The van der Waals surface area contributed by atoms with Crippen LogP contribution in [0.1, 0.15) is 6.42 Å². The lowest BCUT2D eigenvalue weighted by atomic mass is 10.1. The number of carbonyl (C=O) groups excluding carboxylic acids is 1. The monoisotopic (exact) mass is 235 g/mol. The summed E-state index contributed by atoms with van der Waals surface area (Å²) in [7, 11) is 3.51. The van der Waals surface area contributed by atoms with Gasteiger partial charge in [-0.3, -0.25) is 4.79 Å². The summed E-state index contributed by atoms with van der Waals surface area (Å²) in [6.07, 6.45) is 0.647. The zero-order valence-corrected chi connectivity index (χ0v) is 10.1. The number of nitrogens with two attached hydrogens (primary N) is 1. The number of fused-ring (bicyclic) bond motifs is 1. The Balaban J connectivity index is 2.35. The molecule has 0 bridgehead atoms. The van der Waals surface area contributed by atoms with Crippen LogP contribution in [0, 0.1) is 0 Å². The number of anilines is 2. The number of hydrogen-bond donors (Lipinski definition) is 2. The predicted molar refractivity (Wildman–Crippen MR) is 67.5 cm³/mol. The number of likely N-dealkylation sites (N-methyl/N-ethyl adjacent to an activating group) is 1. The van der Waals surface area contributed by atoms with Crippen LogP contribution >= 0.6 is 0 Å². The quantitative estimate of drug-likeness (QED) is 0.813. The maximum Gasteiger partial charge on any atom is 0.247 e. The molecule has 1 aromatic rings. The lowest BCUT2D eigenvalue weighted by Crippen LogP contribution is -2.46. The van der Waals surface area contributed by atoms with Crippen molar-refractivity contribution >= 4 is 17.3 Å². The SMILES string of the molecule is COc1ccc2c(c1)NC(=O)C(CCN)N2C. The van der Waals surface area contributed by atoms with Gasteiger partial charge in [0.1, 0.15) is 11.8 Å². The van der Waals surface area contributed by atoms with E-state index in [1.807, 2.05) is 30.1 Å². The van der Waals surface area contributed by atoms with Gasteiger partial charge < -0.3 is 20.7 Å². The molecule has 2 rings (SSSR count). The number of hydrogen-bond acceptors (Lipinski definition) is 4. The Morgan fingerprint density at radius 1 is 1.53 bits per heavy atom. The van der Waals surface area contributed by atoms with Crippen LogP contribution in [0.3, 0.4) is 0 Å². The average molecular weight is 235 g/mol. The molecule has 0 saturated heterocycles. The van der Waals surface area contributed by atoms with Gasteiger partial charge in [0.2, 0.25) is 5.91 Å². The molecule has 0 fully saturated rings. The number of benzene rings is 1. The van der Waals surface area contributed by atoms with Crippen molar-refractivity contribution in [2.45, 2.75) is 12.5 Å². The summed E-state index contributed by atoms with van der Waals surface area (Å²) in [6, 6.07) is 5.45. The number of nitrogens with one attached hydrogen (secondary N) is 1. The molecule has 3 N–H and O–H groups in total. The predicted octanol–water partition coefficient (Wildman–Crippen LogP) is 0.801. The molecule has 17 heavy (non-hydrogen) atoms. The minimum absolute atomic E-state index is 0.0151. The second kappa shape index (κ2) is 4.63. The van der Waals surface area contributed by atoms with Crippen LogP contribution in [0.15, 0.2) is 18.2 Å². The maximum atomic E-state index is 11.9. The van der Waals surface area contributed by atoms with E-state index in [1.54, 1.807) is 7.11 Å². The lowest BCUT2D eigenvalue weighted by Gasteiger charge is -2.35. The molecule has 1 aliphatic heterocycles. The molecule has 1 atom stereocenters. The van der Waals surface area contributed by atoms with Crippen LogP contribution in [-0.2, 0) is 4.79 Å². The van der Waals surface area contributed by atoms with Gasteiger partial charge in [0.15, 0.2) is 0 Å². The summed E-state index contributed by atoms with van der Waals surface area (Å²) in [6.45, 7) is 0.494. The third kappa shape index (κ3) is 2.06. The molecule has 1 amide bonds. The summed E-state index contributed by atoms with van der Waals surface area (Å²) in [5.41, 5.74) is 7.29. The van der Waals surface area contributed by atoms with Crippen molar-refractivity contribution in [2.24, 2.45) is 5.73 Å². The number of amides is 1. The molecule has 0 radical (unpaired) electrons. The van der Waals surface area contributed by atoms with Crippen LogP contribution in [-0.4, -0.2) is 32.7 Å². The van der Waals surface area contributed by atoms with E-state index in [9.17, 15) is 4.79 Å². The molecule has 1 heterocycles. The minimum Gasteiger partial charge on any atom is -0.497 e. The van der Waals surface area contributed by atoms with E-state index in [0.29, 0.717) is 13.0 Å². The fourth-order valence-electron chi connectivity index (χ4n) is 2.09. The van der Waals surface area contributed by atoms with E-state index in [0.717, 1.165) is 17.1 Å². The number of carbonyl (C=O) groups is 1. The molecule has 1 unspecified atom stereocenters. The fraction of sp³-hybridized carbons (Fsp3) is 0.417. The summed E-state index contributed by atoms with van der Waals surface area (Å²) >= 11 is 0. The van der Waals surface area contributed by atoms with Crippen molar-refractivity contribution in [3.8, 4) is 5.75 Å². The number of nitrogens with zero attached hydrogens (tertiary/aromatic N) is 1. The minimum atomic E-state index is -0.194. The highest BCUT2D eigenvalue weighted by Crippen LogP contribution is 2.34. The van der Waals surface area contributed by atoms with E-state index < -0.39 is 0 Å². The van der Waals surface area contributed by atoms with Crippen molar-refractivity contribution in [1.29, 1.82) is 0 Å². The van der Waals surface area contributed by atoms with Gasteiger partial charge in [-0.1, -0.05) is 0 Å². The van der Waals surface area contributed by atoms with E-state index in [-0.39, 0.29) is 11.9 Å². The van der Waals surface area contributed by atoms with Gasteiger partial charge in [-0.15, -0.1) is 0 Å². The summed E-state index contributed by atoms with van der Waals surface area (Å²) in [4.78, 5) is 13.9. The first-order valence-corrected chi connectivity index (χ1v) is 5.59. The van der Waals surface area contributed by atoms with Gasteiger partial charge in [0.25, 0.3) is 0 Å². The first-order valence-electron chi connectivity index (χ1n) is 5.59. The first kappa shape index (κ1) is 11.7. The smallest absolute Gasteiger partial charge is 0.247 e. The van der Waals surface area contributed by atoms with E-state index in [4.69, 9.17) is 10.5 Å². The summed E-state index contributed by atoms with van der Waals surface area (Å²) in [5, 5.41) is 2.88. The van der Waals surface area contributed by atoms with Crippen molar-refractivity contribution in [1.82, 2.24) is 0 Å². The topological polar surface area (TPSA) is 67.6 Å². The third-order valence-corrected chi connectivity index (χ3v) is 3.05. The second-order valence-corrected chi connectivity index (χ2v) is 4.08. The average Bonchev–Trinajstić information content (AvgIpc) is 2.33. The van der Waals surface area contributed by atoms with E-state index in [2.05, 4.69) is 5.32 Å². The molecule has 5 heteroatoms. The largest absolute Gasteiger partial charge is 0.497 e. The zero-order valence-electron chi connectivity index (χ0n) is 10.1. The zero-order chi connectivity index (χ0) is 12.4. The van der Waals surface area contributed by atoms with Crippen LogP contribution in [0.2, 0.25) is 0 Å². The normalized spacial score (nSPS) is 18.6. The van der Waals surface area contributed by atoms with Gasteiger partial charge in [0.05, 0.1) is 18.5 Å². The van der Waals surface area contributed by atoms with Crippen molar-refractivity contribution in [2.75, 3.05) is 30.9 Å². The van der Waals surface area contributed by atoms with Gasteiger partial charge in [-0.2, -0.15) is 0 Å². The van der Waals surface area contributed by atoms with E-state index in [1.165, 1.54) is 0 Å². The molecule has 0 aliphatic carbocycles. The summed E-state index contributed by atoms with van der Waals surface area (Å²) < 4.78 is 5.14. The third-order valence-electron chi connectivity index (χ3n) is 3.05. The summed E-state index contributed by atoms with van der Waals surface area (Å²) in [5.74, 6) is 0.716. The van der Waals surface area contributed by atoms with Gasteiger partial charge in [0, 0.05) is 13.1 Å². The standard InChI is InChI=1S/C12H17N3O2/c1-15-10-4-3-8(17-2)7-9(10)14-12(16)11(15)5-6-13/h3-4,7,11H,5-6,13H2,1-2H3,(H,14,16). The Kier molecular flexibility index (Phi) is 3.19. The molecule has 0 spiro atoms. The lowest BCUT2D eigenvalue weighted by molar-refractivity contribution is -0.117. The molecule has 0 aromatic heterocycles. The number of rotatable bonds is 3. The highest BCUT2D eigenvalue weighted by atomic mass is 16.5. The van der Waals surface area contributed by atoms with Crippen LogP contribution in [0.5, 0.6) is 5.75 Å². The van der Waals surface area contributed by atoms with Gasteiger partial charge in [-0.05, 0) is 25.1 Å². The fourth-order valence-corrected chi connectivity index (χ4v) is 2.09. The van der Waals surface area contributed by atoms with E-state index >= 15 is 0 Å². The Bertz CT molecular complexity index is 434. The van der Waals surface area contributed by atoms with Crippen LogP contribution < -0.4 is 20.7 Å². The molecule has 5 nitrogen and oxygen atoms in total. The molecular weight excluding hydrogens is 218 g/mol. The van der Waals surface area contributed by atoms with Crippen molar-refractivity contribution < 1.29 is 9.53 Å². The molecule has 0 saturated carbocycles. The molecule has 1 aromatic carbocycles. The molecule has 1 aliphatic rings. The highest BCUT2D eigenvalue weighted by Gasteiger charge is 2.29. The van der Waals surface area contributed by atoms with Gasteiger partial charge >= 0.3 is 0 Å².